The maximum Gasteiger partial charge on any atom is 0.254 e. The smallest absolute Gasteiger partial charge is 0.254 e. The van der Waals surface area contributed by atoms with Gasteiger partial charge in [-0.2, -0.15) is 0 Å². The fourth-order valence-corrected chi connectivity index (χ4v) is 3.30. The number of benzene rings is 2. The highest BCUT2D eigenvalue weighted by molar-refractivity contribution is 5.95. The van der Waals surface area contributed by atoms with Crippen LogP contribution in [-0.2, 0) is 4.79 Å². The molecule has 0 aliphatic carbocycles. The number of ether oxygens (including phenoxy) is 3. The lowest BCUT2D eigenvalue weighted by atomic mass is 10.1. The Hall–Kier alpha value is -3.48. The van der Waals surface area contributed by atoms with Crippen molar-refractivity contribution in [3.8, 4) is 17.2 Å². The Morgan fingerprint density at radius 3 is 2.20 bits per heavy atom. The average molecular weight is 410 g/mol. The first-order chi connectivity index (χ1) is 14.5. The van der Waals surface area contributed by atoms with Gasteiger partial charge in [-0.1, -0.05) is 12.1 Å². The summed E-state index contributed by atoms with van der Waals surface area (Å²) >= 11 is 0. The van der Waals surface area contributed by atoms with E-state index in [1.165, 1.54) is 0 Å². The lowest BCUT2D eigenvalue weighted by molar-refractivity contribution is -0.127. The van der Waals surface area contributed by atoms with Crippen molar-refractivity contribution < 1.29 is 23.8 Å². The summed E-state index contributed by atoms with van der Waals surface area (Å²) in [5.41, 5.74) is 1.43. The van der Waals surface area contributed by atoms with E-state index in [0.717, 1.165) is 5.56 Å². The summed E-state index contributed by atoms with van der Waals surface area (Å²) in [5, 5.41) is 0. The van der Waals surface area contributed by atoms with Crippen molar-refractivity contribution in [3.05, 3.63) is 59.7 Å². The average Bonchev–Trinajstić information content (AvgIpc) is 2.81. The molecule has 1 heterocycles. The van der Waals surface area contributed by atoms with Gasteiger partial charge in [-0.25, -0.2) is 0 Å². The molecular formula is C23H26N2O5. The topological polar surface area (TPSA) is 68.3 Å². The number of carbonyl (C=O) groups excluding carboxylic acids is 2. The maximum absolute atomic E-state index is 12.7. The van der Waals surface area contributed by atoms with E-state index in [1.54, 1.807) is 73.6 Å². The normalized spacial score (nSPS) is 14.0. The first-order valence-electron chi connectivity index (χ1n) is 9.68. The molecule has 0 atom stereocenters. The van der Waals surface area contributed by atoms with E-state index in [4.69, 9.17) is 14.2 Å². The molecule has 30 heavy (non-hydrogen) atoms. The molecular weight excluding hydrogens is 384 g/mol. The first-order valence-corrected chi connectivity index (χ1v) is 9.68. The highest BCUT2D eigenvalue weighted by atomic mass is 16.5. The van der Waals surface area contributed by atoms with Crippen molar-refractivity contribution in [3.63, 3.8) is 0 Å². The molecule has 0 aromatic heterocycles. The molecule has 2 amide bonds. The number of hydrogen-bond donors (Lipinski definition) is 0. The lowest BCUT2D eigenvalue weighted by Crippen LogP contribution is -2.50. The summed E-state index contributed by atoms with van der Waals surface area (Å²) in [5.74, 6) is 1.75. The maximum atomic E-state index is 12.7. The van der Waals surface area contributed by atoms with E-state index in [2.05, 4.69) is 0 Å². The fourth-order valence-electron chi connectivity index (χ4n) is 3.30. The van der Waals surface area contributed by atoms with E-state index in [0.29, 0.717) is 49.0 Å². The van der Waals surface area contributed by atoms with E-state index < -0.39 is 0 Å². The number of carbonyl (C=O) groups is 2. The van der Waals surface area contributed by atoms with Gasteiger partial charge in [0.25, 0.3) is 5.91 Å². The monoisotopic (exact) mass is 410 g/mol. The summed E-state index contributed by atoms with van der Waals surface area (Å²) in [7, 11) is 4.72. The number of nitrogens with zero attached hydrogens (tertiary/aromatic N) is 2. The second kappa shape index (κ2) is 9.82. The van der Waals surface area contributed by atoms with Gasteiger partial charge in [0.1, 0.15) is 5.75 Å². The van der Waals surface area contributed by atoms with Crippen molar-refractivity contribution in [1.29, 1.82) is 0 Å². The molecule has 0 unspecified atom stereocenters. The zero-order valence-electron chi connectivity index (χ0n) is 17.5. The van der Waals surface area contributed by atoms with Crippen LogP contribution in [0.15, 0.2) is 48.5 Å². The summed E-state index contributed by atoms with van der Waals surface area (Å²) < 4.78 is 15.7. The Kier molecular flexibility index (Phi) is 6.95. The Morgan fingerprint density at radius 1 is 0.833 bits per heavy atom. The SMILES string of the molecule is COc1cccc(C(=O)N2CCN(C(=O)/C=C/c3ccc(OC)c(OC)c3)CC2)c1. The zero-order chi connectivity index (χ0) is 21.5. The minimum atomic E-state index is -0.0849. The number of amides is 2. The quantitative estimate of drug-likeness (QED) is 0.685. The number of methoxy groups -OCH3 is 3. The highest BCUT2D eigenvalue weighted by Crippen LogP contribution is 2.28. The van der Waals surface area contributed by atoms with E-state index >= 15 is 0 Å². The predicted octanol–water partition coefficient (Wildman–Crippen LogP) is 2.71. The van der Waals surface area contributed by atoms with Crippen LogP contribution in [0, 0.1) is 0 Å². The van der Waals surface area contributed by atoms with Crippen LogP contribution < -0.4 is 14.2 Å². The third-order valence-corrected chi connectivity index (χ3v) is 5.02. The van der Waals surface area contributed by atoms with Crippen molar-refractivity contribution in [2.45, 2.75) is 0 Å². The van der Waals surface area contributed by atoms with Gasteiger partial charge in [0, 0.05) is 37.8 Å². The zero-order valence-corrected chi connectivity index (χ0v) is 17.5. The minimum Gasteiger partial charge on any atom is -0.497 e. The van der Waals surface area contributed by atoms with Crippen LogP contribution in [0.1, 0.15) is 15.9 Å². The number of hydrogen-bond acceptors (Lipinski definition) is 5. The van der Waals surface area contributed by atoms with Gasteiger partial charge in [-0.15, -0.1) is 0 Å². The minimum absolute atomic E-state index is 0.0538. The van der Waals surface area contributed by atoms with Gasteiger partial charge in [-0.3, -0.25) is 9.59 Å². The van der Waals surface area contributed by atoms with Crippen molar-refractivity contribution in [1.82, 2.24) is 9.80 Å². The van der Waals surface area contributed by atoms with E-state index in [1.807, 2.05) is 12.1 Å². The van der Waals surface area contributed by atoms with Crippen LogP contribution in [0.25, 0.3) is 6.08 Å². The van der Waals surface area contributed by atoms with Gasteiger partial charge in [-0.05, 0) is 42.0 Å². The molecule has 0 saturated carbocycles. The van der Waals surface area contributed by atoms with Crippen LogP contribution in [0.2, 0.25) is 0 Å². The van der Waals surface area contributed by atoms with Crippen molar-refractivity contribution in [2.75, 3.05) is 47.5 Å². The lowest BCUT2D eigenvalue weighted by Gasteiger charge is -2.34. The molecule has 3 rings (SSSR count). The molecule has 0 radical (unpaired) electrons. The van der Waals surface area contributed by atoms with Crippen molar-refractivity contribution >= 4 is 17.9 Å². The standard InChI is InChI=1S/C23H26N2O5/c1-28-19-6-4-5-18(16-19)23(27)25-13-11-24(12-14-25)22(26)10-8-17-7-9-20(29-2)21(15-17)30-3/h4-10,15-16H,11-14H2,1-3H3/b10-8+. The molecule has 0 bridgehead atoms. The van der Waals surface area contributed by atoms with Gasteiger partial charge < -0.3 is 24.0 Å². The molecule has 1 fully saturated rings. The number of piperazine rings is 1. The van der Waals surface area contributed by atoms with Crippen LogP contribution in [-0.4, -0.2) is 69.1 Å². The molecule has 1 saturated heterocycles. The first kappa shape index (κ1) is 21.2. The third kappa shape index (κ3) is 4.92. The second-order valence-electron chi connectivity index (χ2n) is 6.80. The van der Waals surface area contributed by atoms with Crippen LogP contribution in [0.3, 0.4) is 0 Å². The molecule has 2 aromatic carbocycles. The van der Waals surface area contributed by atoms with Crippen molar-refractivity contribution in [2.24, 2.45) is 0 Å². The Labute approximate surface area is 176 Å². The highest BCUT2D eigenvalue weighted by Gasteiger charge is 2.24. The number of rotatable bonds is 6. The molecule has 1 aliphatic rings. The predicted molar refractivity (Wildman–Crippen MR) is 114 cm³/mol. The molecule has 1 aliphatic heterocycles. The van der Waals surface area contributed by atoms with Crippen LogP contribution in [0.5, 0.6) is 17.2 Å². The molecule has 0 N–H and O–H groups in total. The second-order valence-corrected chi connectivity index (χ2v) is 6.80. The Bertz CT molecular complexity index is 933. The summed E-state index contributed by atoms with van der Waals surface area (Å²) in [6.45, 7) is 1.97. The molecule has 2 aromatic rings. The third-order valence-electron chi connectivity index (χ3n) is 5.02. The molecule has 7 nitrogen and oxygen atoms in total. The molecule has 158 valence electrons. The van der Waals surface area contributed by atoms with E-state index in [9.17, 15) is 9.59 Å². The van der Waals surface area contributed by atoms with Gasteiger partial charge in [0.15, 0.2) is 11.5 Å². The van der Waals surface area contributed by atoms with E-state index in [-0.39, 0.29) is 11.8 Å². The van der Waals surface area contributed by atoms with Crippen LogP contribution >= 0.6 is 0 Å². The van der Waals surface area contributed by atoms with Gasteiger partial charge >= 0.3 is 0 Å². The fraction of sp³-hybridized carbons (Fsp3) is 0.304. The Balaban J connectivity index is 1.57. The van der Waals surface area contributed by atoms with Gasteiger partial charge in [0.2, 0.25) is 5.91 Å². The summed E-state index contributed by atoms with van der Waals surface area (Å²) in [4.78, 5) is 28.7. The van der Waals surface area contributed by atoms with Crippen LogP contribution in [0.4, 0.5) is 0 Å². The van der Waals surface area contributed by atoms with Gasteiger partial charge in [0.05, 0.1) is 21.3 Å². The molecule has 7 heteroatoms. The summed E-state index contributed by atoms with van der Waals surface area (Å²) in [6, 6.07) is 12.6. The summed E-state index contributed by atoms with van der Waals surface area (Å²) in [6.07, 6.45) is 3.29. The largest absolute Gasteiger partial charge is 0.497 e. The Morgan fingerprint density at radius 2 is 1.53 bits per heavy atom. The molecule has 0 spiro atoms.